The van der Waals surface area contributed by atoms with Gasteiger partial charge in [-0.2, -0.15) is 0 Å². The Labute approximate surface area is 109 Å². The van der Waals surface area contributed by atoms with Crippen LogP contribution in [-0.4, -0.2) is 42.9 Å². The van der Waals surface area contributed by atoms with Crippen molar-refractivity contribution in [2.75, 3.05) is 21.1 Å². The highest BCUT2D eigenvalue weighted by molar-refractivity contribution is 5.80. The largest absolute Gasteiger partial charge is 0.347 e. The monoisotopic (exact) mass is 249 g/mol. The summed E-state index contributed by atoms with van der Waals surface area (Å²) in [7, 11) is 5.52. The molecule has 0 heterocycles. The van der Waals surface area contributed by atoms with Crippen LogP contribution in [0.5, 0.6) is 0 Å². The first-order chi connectivity index (χ1) is 8.45. The lowest BCUT2D eigenvalue weighted by atomic mass is 10.1. The SMILES string of the molecule is CC(C(=O)N(C)C)N(C)Cc1cccc(CN)c1. The molecular weight excluding hydrogens is 226 g/mol. The number of nitrogens with zero attached hydrogens (tertiary/aromatic N) is 2. The van der Waals surface area contributed by atoms with Crippen molar-refractivity contribution in [1.29, 1.82) is 0 Å². The Balaban J connectivity index is 2.68. The molecule has 1 amide bonds. The number of nitrogens with two attached hydrogens (primary N) is 1. The van der Waals surface area contributed by atoms with Crippen LogP contribution in [0.15, 0.2) is 24.3 Å². The van der Waals surface area contributed by atoms with E-state index in [4.69, 9.17) is 5.73 Å². The lowest BCUT2D eigenvalue weighted by Gasteiger charge is -2.26. The second-order valence-electron chi connectivity index (χ2n) is 4.85. The quantitative estimate of drug-likeness (QED) is 0.848. The van der Waals surface area contributed by atoms with Crippen molar-refractivity contribution in [2.45, 2.75) is 26.1 Å². The number of amides is 1. The van der Waals surface area contributed by atoms with Crippen molar-refractivity contribution in [3.63, 3.8) is 0 Å². The van der Waals surface area contributed by atoms with E-state index < -0.39 is 0 Å². The minimum absolute atomic E-state index is 0.118. The Bertz CT molecular complexity index is 404. The zero-order valence-corrected chi connectivity index (χ0v) is 11.7. The van der Waals surface area contributed by atoms with E-state index in [9.17, 15) is 4.79 Å². The molecule has 0 saturated heterocycles. The summed E-state index contributed by atoms with van der Waals surface area (Å²) in [6.07, 6.45) is 0. The van der Waals surface area contributed by atoms with E-state index in [2.05, 4.69) is 12.1 Å². The van der Waals surface area contributed by atoms with Crippen LogP contribution < -0.4 is 5.73 Å². The number of carbonyl (C=O) groups is 1. The van der Waals surface area contributed by atoms with Crippen LogP contribution in [0, 0.1) is 0 Å². The minimum Gasteiger partial charge on any atom is -0.347 e. The summed E-state index contributed by atoms with van der Waals surface area (Å²) in [5.41, 5.74) is 7.92. The van der Waals surface area contributed by atoms with Gasteiger partial charge in [0.05, 0.1) is 6.04 Å². The lowest BCUT2D eigenvalue weighted by Crippen LogP contribution is -2.42. The van der Waals surface area contributed by atoms with E-state index in [0.29, 0.717) is 6.54 Å². The van der Waals surface area contributed by atoms with E-state index in [1.807, 2.05) is 31.0 Å². The Morgan fingerprint density at radius 2 is 1.89 bits per heavy atom. The summed E-state index contributed by atoms with van der Waals surface area (Å²) in [4.78, 5) is 15.5. The average Bonchev–Trinajstić information content (AvgIpc) is 2.36. The van der Waals surface area contributed by atoms with Gasteiger partial charge in [0.25, 0.3) is 0 Å². The van der Waals surface area contributed by atoms with Crippen molar-refractivity contribution < 1.29 is 4.79 Å². The van der Waals surface area contributed by atoms with Gasteiger partial charge >= 0.3 is 0 Å². The molecule has 0 fully saturated rings. The molecule has 1 rings (SSSR count). The fraction of sp³-hybridized carbons (Fsp3) is 0.500. The van der Waals surface area contributed by atoms with Crippen LogP contribution in [0.3, 0.4) is 0 Å². The Morgan fingerprint density at radius 3 is 2.44 bits per heavy atom. The highest BCUT2D eigenvalue weighted by atomic mass is 16.2. The smallest absolute Gasteiger partial charge is 0.239 e. The second kappa shape index (κ2) is 6.52. The van der Waals surface area contributed by atoms with Crippen molar-refractivity contribution >= 4 is 5.91 Å². The summed E-state index contributed by atoms with van der Waals surface area (Å²) < 4.78 is 0. The maximum Gasteiger partial charge on any atom is 0.239 e. The van der Waals surface area contributed by atoms with Crippen molar-refractivity contribution in [2.24, 2.45) is 5.73 Å². The molecular formula is C14H23N3O. The van der Waals surface area contributed by atoms with Crippen LogP contribution >= 0.6 is 0 Å². The normalized spacial score (nSPS) is 12.6. The van der Waals surface area contributed by atoms with Crippen LogP contribution in [0.1, 0.15) is 18.1 Å². The molecule has 100 valence electrons. The Hall–Kier alpha value is -1.39. The van der Waals surface area contributed by atoms with Crippen molar-refractivity contribution in [3.05, 3.63) is 35.4 Å². The van der Waals surface area contributed by atoms with Gasteiger partial charge in [-0.1, -0.05) is 24.3 Å². The van der Waals surface area contributed by atoms with Gasteiger partial charge in [0.2, 0.25) is 5.91 Å². The molecule has 1 aromatic rings. The molecule has 1 unspecified atom stereocenters. The first-order valence-corrected chi connectivity index (χ1v) is 6.15. The molecule has 0 aliphatic rings. The van der Waals surface area contributed by atoms with E-state index in [0.717, 1.165) is 12.1 Å². The summed E-state index contributed by atoms with van der Waals surface area (Å²) >= 11 is 0. The van der Waals surface area contributed by atoms with Gasteiger partial charge in [-0.3, -0.25) is 9.69 Å². The number of likely N-dealkylation sites (N-methyl/N-ethyl adjacent to an activating group) is 2. The van der Waals surface area contributed by atoms with Gasteiger partial charge in [-0.15, -0.1) is 0 Å². The average molecular weight is 249 g/mol. The predicted octanol–water partition coefficient (Wildman–Crippen LogP) is 1.05. The van der Waals surface area contributed by atoms with Gasteiger partial charge in [-0.25, -0.2) is 0 Å². The third kappa shape index (κ3) is 3.82. The van der Waals surface area contributed by atoms with Gasteiger partial charge < -0.3 is 10.6 Å². The summed E-state index contributed by atoms with van der Waals surface area (Å²) in [6, 6.07) is 8.04. The molecule has 2 N–H and O–H groups in total. The molecule has 0 saturated carbocycles. The van der Waals surface area contributed by atoms with Gasteiger partial charge in [0.1, 0.15) is 0 Å². The molecule has 0 radical (unpaired) electrons. The second-order valence-corrected chi connectivity index (χ2v) is 4.85. The molecule has 0 aliphatic heterocycles. The molecule has 0 spiro atoms. The molecule has 0 bridgehead atoms. The van der Waals surface area contributed by atoms with Gasteiger partial charge in [0.15, 0.2) is 0 Å². The highest BCUT2D eigenvalue weighted by Gasteiger charge is 2.19. The fourth-order valence-corrected chi connectivity index (χ4v) is 1.84. The first-order valence-electron chi connectivity index (χ1n) is 6.15. The van der Waals surface area contributed by atoms with Crippen LogP contribution in [0.25, 0.3) is 0 Å². The molecule has 0 aliphatic carbocycles. The topological polar surface area (TPSA) is 49.6 Å². The first kappa shape index (κ1) is 14.7. The Kier molecular flexibility index (Phi) is 5.31. The molecule has 1 atom stereocenters. The third-order valence-corrected chi connectivity index (χ3v) is 3.12. The molecule has 18 heavy (non-hydrogen) atoms. The van der Waals surface area contributed by atoms with Crippen molar-refractivity contribution in [3.8, 4) is 0 Å². The predicted molar refractivity (Wildman–Crippen MR) is 74.0 cm³/mol. The van der Waals surface area contributed by atoms with E-state index in [1.165, 1.54) is 5.56 Å². The number of hydrogen-bond acceptors (Lipinski definition) is 3. The van der Waals surface area contributed by atoms with Crippen LogP contribution in [-0.2, 0) is 17.9 Å². The van der Waals surface area contributed by atoms with Gasteiger partial charge in [-0.05, 0) is 25.1 Å². The number of hydrogen-bond donors (Lipinski definition) is 1. The van der Waals surface area contributed by atoms with E-state index in [1.54, 1.807) is 19.0 Å². The van der Waals surface area contributed by atoms with Gasteiger partial charge in [0, 0.05) is 27.2 Å². The van der Waals surface area contributed by atoms with E-state index in [-0.39, 0.29) is 11.9 Å². The molecule has 4 heteroatoms. The Morgan fingerprint density at radius 1 is 1.28 bits per heavy atom. The third-order valence-electron chi connectivity index (χ3n) is 3.12. The van der Waals surface area contributed by atoms with Crippen LogP contribution in [0.4, 0.5) is 0 Å². The fourth-order valence-electron chi connectivity index (χ4n) is 1.84. The minimum atomic E-state index is -0.124. The van der Waals surface area contributed by atoms with Crippen LogP contribution in [0.2, 0.25) is 0 Å². The molecule has 0 aromatic heterocycles. The van der Waals surface area contributed by atoms with Crippen molar-refractivity contribution in [1.82, 2.24) is 9.80 Å². The summed E-state index contributed by atoms with van der Waals surface area (Å²) in [5.74, 6) is 0.118. The number of benzene rings is 1. The lowest BCUT2D eigenvalue weighted by molar-refractivity contribution is -0.133. The molecule has 1 aromatic carbocycles. The number of carbonyl (C=O) groups excluding carboxylic acids is 1. The summed E-state index contributed by atoms with van der Waals surface area (Å²) in [5, 5.41) is 0. The summed E-state index contributed by atoms with van der Waals surface area (Å²) in [6.45, 7) is 3.22. The highest BCUT2D eigenvalue weighted by Crippen LogP contribution is 2.10. The standard InChI is InChI=1S/C14H23N3O/c1-11(14(18)16(2)3)17(4)10-13-7-5-6-12(8-13)9-15/h5-8,11H,9-10,15H2,1-4H3. The maximum absolute atomic E-state index is 11.9. The maximum atomic E-state index is 11.9. The number of rotatable bonds is 5. The van der Waals surface area contributed by atoms with E-state index >= 15 is 0 Å². The zero-order valence-electron chi connectivity index (χ0n) is 11.7. The zero-order chi connectivity index (χ0) is 13.7. The molecule has 4 nitrogen and oxygen atoms in total.